The number of carbonyl (C=O) groups is 2. The third kappa shape index (κ3) is 2.52. The van der Waals surface area contributed by atoms with E-state index >= 15 is 0 Å². The highest BCUT2D eigenvalue weighted by atomic mass is 35.5. The lowest BCUT2D eigenvalue weighted by atomic mass is 9.88. The largest absolute Gasteiger partial charge is 0.481 e. The number of carbonyl (C=O) groups excluding carboxylic acids is 1. The minimum absolute atomic E-state index is 0.215. The van der Waals surface area contributed by atoms with Crippen molar-refractivity contribution in [2.24, 2.45) is 11.8 Å². The Labute approximate surface area is 115 Å². The number of halogens is 2. The average molecular weight is 287 g/mol. The summed E-state index contributed by atoms with van der Waals surface area (Å²) in [5, 5.41) is 9.84. The van der Waals surface area contributed by atoms with E-state index in [9.17, 15) is 9.59 Å². The first-order valence-electron chi connectivity index (χ1n) is 5.73. The number of hydrogen-bond acceptors (Lipinski definition) is 2. The van der Waals surface area contributed by atoms with E-state index in [1.165, 1.54) is 6.07 Å². The Morgan fingerprint density at radius 1 is 1.17 bits per heavy atom. The van der Waals surface area contributed by atoms with Crippen molar-refractivity contribution in [3.8, 4) is 0 Å². The molecule has 0 bridgehead atoms. The Morgan fingerprint density at radius 2 is 1.83 bits per heavy atom. The third-order valence-corrected chi connectivity index (χ3v) is 3.93. The van der Waals surface area contributed by atoms with Crippen molar-refractivity contribution >= 4 is 35.0 Å². The topological polar surface area (TPSA) is 54.4 Å². The van der Waals surface area contributed by atoms with Gasteiger partial charge in [-0.2, -0.15) is 0 Å². The maximum Gasteiger partial charge on any atom is 0.307 e. The van der Waals surface area contributed by atoms with Crippen LogP contribution in [0.15, 0.2) is 18.2 Å². The fraction of sp³-hybridized carbons (Fsp3) is 0.385. The molecule has 2 rings (SSSR count). The zero-order valence-corrected chi connectivity index (χ0v) is 11.0. The molecule has 1 aliphatic carbocycles. The van der Waals surface area contributed by atoms with Gasteiger partial charge in [0.15, 0.2) is 5.78 Å². The summed E-state index contributed by atoms with van der Waals surface area (Å²) < 4.78 is 0. The SMILES string of the molecule is O=C(O)C1CCCC1C(=O)c1cc(Cl)ccc1Cl. The molecule has 96 valence electrons. The van der Waals surface area contributed by atoms with Gasteiger partial charge in [0.1, 0.15) is 0 Å². The Kier molecular flexibility index (Phi) is 3.93. The van der Waals surface area contributed by atoms with E-state index in [-0.39, 0.29) is 5.78 Å². The average Bonchev–Trinajstić information content (AvgIpc) is 2.80. The maximum atomic E-state index is 12.3. The molecule has 0 amide bonds. The number of Topliss-reactive ketones (excluding diaryl/α,β-unsaturated/α-hetero) is 1. The van der Waals surface area contributed by atoms with Gasteiger partial charge in [0, 0.05) is 16.5 Å². The van der Waals surface area contributed by atoms with Crippen LogP contribution in [0.1, 0.15) is 29.6 Å². The monoisotopic (exact) mass is 286 g/mol. The number of carboxylic acid groups (broad SMARTS) is 1. The molecule has 1 aliphatic rings. The van der Waals surface area contributed by atoms with E-state index < -0.39 is 17.8 Å². The molecule has 1 saturated carbocycles. The van der Waals surface area contributed by atoms with E-state index in [0.29, 0.717) is 28.5 Å². The lowest BCUT2D eigenvalue weighted by Gasteiger charge is -2.15. The maximum absolute atomic E-state index is 12.3. The second kappa shape index (κ2) is 5.29. The normalized spacial score (nSPS) is 23.0. The van der Waals surface area contributed by atoms with Crippen molar-refractivity contribution in [2.75, 3.05) is 0 Å². The molecule has 0 saturated heterocycles. The van der Waals surface area contributed by atoms with Crippen LogP contribution in [0, 0.1) is 11.8 Å². The van der Waals surface area contributed by atoms with Crippen LogP contribution in [0.25, 0.3) is 0 Å². The van der Waals surface area contributed by atoms with Crippen LogP contribution >= 0.6 is 23.2 Å². The second-order valence-electron chi connectivity index (χ2n) is 4.47. The van der Waals surface area contributed by atoms with Crippen molar-refractivity contribution in [1.29, 1.82) is 0 Å². The number of carboxylic acids is 1. The molecular formula is C13H12Cl2O3. The Bertz CT molecular complexity index is 499. The molecule has 2 atom stereocenters. The van der Waals surface area contributed by atoms with Gasteiger partial charge in [-0.1, -0.05) is 29.6 Å². The third-order valence-electron chi connectivity index (χ3n) is 3.36. The van der Waals surface area contributed by atoms with Crippen molar-refractivity contribution in [3.05, 3.63) is 33.8 Å². The number of aliphatic carboxylic acids is 1. The summed E-state index contributed by atoms with van der Waals surface area (Å²) in [4.78, 5) is 23.4. The minimum Gasteiger partial charge on any atom is -0.481 e. The Balaban J connectivity index is 2.31. The van der Waals surface area contributed by atoms with Crippen molar-refractivity contribution in [1.82, 2.24) is 0 Å². The minimum atomic E-state index is -0.913. The van der Waals surface area contributed by atoms with Crippen molar-refractivity contribution < 1.29 is 14.7 Å². The molecule has 1 N–H and O–H groups in total. The van der Waals surface area contributed by atoms with Gasteiger partial charge in [-0.3, -0.25) is 9.59 Å². The lowest BCUT2D eigenvalue weighted by Crippen LogP contribution is -2.25. The molecule has 0 heterocycles. The van der Waals surface area contributed by atoms with Crippen LogP contribution in [0.2, 0.25) is 10.0 Å². The standard InChI is InChI=1S/C13H12Cl2O3/c14-7-4-5-11(15)10(6-7)12(16)8-2-1-3-9(8)13(17)18/h4-6,8-9H,1-3H2,(H,17,18). The summed E-state index contributed by atoms with van der Waals surface area (Å²) in [5.41, 5.74) is 0.322. The molecule has 0 aromatic heterocycles. The van der Waals surface area contributed by atoms with Gasteiger partial charge in [-0.05, 0) is 31.0 Å². The van der Waals surface area contributed by atoms with Crippen LogP contribution in [0.3, 0.4) is 0 Å². The molecule has 1 aromatic rings. The second-order valence-corrected chi connectivity index (χ2v) is 5.31. The summed E-state index contributed by atoms with van der Waals surface area (Å²) in [6.07, 6.45) is 1.90. The van der Waals surface area contributed by atoms with E-state index in [0.717, 1.165) is 6.42 Å². The molecule has 1 fully saturated rings. The van der Waals surface area contributed by atoms with Gasteiger partial charge in [0.25, 0.3) is 0 Å². The van der Waals surface area contributed by atoms with Crippen LogP contribution in [0.4, 0.5) is 0 Å². The van der Waals surface area contributed by atoms with Gasteiger partial charge in [0.05, 0.1) is 10.9 Å². The molecular weight excluding hydrogens is 275 g/mol. The van der Waals surface area contributed by atoms with Gasteiger partial charge in [-0.15, -0.1) is 0 Å². The molecule has 0 spiro atoms. The fourth-order valence-electron chi connectivity index (χ4n) is 2.46. The highest BCUT2D eigenvalue weighted by Gasteiger charge is 2.38. The summed E-state index contributed by atoms with van der Waals surface area (Å²) in [7, 11) is 0. The smallest absolute Gasteiger partial charge is 0.307 e. The molecule has 2 unspecified atom stereocenters. The van der Waals surface area contributed by atoms with Crippen molar-refractivity contribution in [3.63, 3.8) is 0 Å². The van der Waals surface area contributed by atoms with E-state index in [2.05, 4.69) is 0 Å². The van der Waals surface area contributed by atoms with Gasteiger partial charge in [-0.25, -0.2) is 0 Å². The first-order chi connectivity index (χ1) is 8.50. The zero-order valence-electron chi connectivity index (χ0n) is 9.53. The van der Waals surface area contributed by atoms with Gasteiger partial charge in [0.2, 0.25) is 0 Å². The summed E-state index contributed by atoms with van der Waals surface area (Å²) >= 11 is 11.8. The number of benzene rings is 1. The van der Waals surface area contributed by atoms with E-state index in [1.807, 2.05) is 0 Å². The fourth-order valence-corrected chi connectivity index (χ4v) is 2.84. The predicted molar refractivity (Wildman–Crippen MR) is 69.3 cm³/mol. The number of ketones is 1. The molecule has 18 heavy (non-hydrogen) atoms. The number of hydrogen-bond donors (Lipinski definition) is 1. The predicted octanol–water partition coefficient (Wildman–Crippen LogP) is 3.68. The molecule has 0 aliphatic heterocycles. The van der Waals surface area contributed by atoms with Crippen LogP contribution in [-0.4, -0.2) is 16.9 Å². The number of rotatable bonds is 3. The highest BCUT2D eigenvalue weighted by molar-refractivity contribution is 6.36. The Morgan fingerprint density at radius 3 is 2.50 bits per heavy atom. The molecule has 0 radical (unpaired) electrons. The van der Waals surface area contributed by atoms with Crippen LogP contribution < -0.4 is 0 Å². The van der Waals surface area contributed by atoms with Crippen molar-refractivity contribution in [2.45, 2.75) is 19.3 Å². The van der Waals surface area contributed by atoms with Gasteiger partial charge < -0.3 is 5.11 Å². The zero-order chi connectivity index (χ0) is 13.3. The first-order valence-corrected chi connectivity index (χ1v) is 6.48. The van der Waals surface area contributed by atoms with Gasteiger partial charge >= 0.3 is 5.97 Å². The summed E-state index contributed by atoms with van der Waals surface area (Å²) in [6.45, 7) is 0. The summed E-state index contributed by atoms with van der Waals surface area (Å²) in [6, 6.07) is 4.66. The van der Waals surface area contributed by atoms with Crippen LogP contribution in [-0.2, 0) is 4.79 Å². The molecule has 1 aromatic carbocycles. The molecule has 3 nitrogen and oxygen atoms in total. The highest BCUT2D eigenvalue weighted by Crippen LogP contribution is 2.36. The van der Waals surface area contributed by atoms with E-state index in [4.69, 9.17) is 28.3 Å². The Hall–Kier alpha value is -1.06. The first kappa shape index (κ1) is 13.4. The summed E-state index contributed by atoms with van der Waals surface area (Å²) in [5.74, 6) is -2.22. The van der Waals surface area contributed by atoms with Crippen LogP contribution in [0.5, 0.6) is 0 Å². The molecule has 5 heteroatoms. The quantitative estimate of drug-likeness (QED) is 0.863. The lowest BCUT2D eigenvalue weighted by molar-refractivity contribution is -0.142. The van der Waals surface area contributed by atoms with E-state index in [1.54, 1.807) is 12.1 Å².